The number of anilines is 1. The fourth-order valence-corrected chi connectivity index (χ4v) is 2.27. The van der Waals surface area contributed by atoms with Crippen molar-refractivity contribution in [3.8, 4) is 5.75 Å². The number of amides is 1. The van der Waals surface area contributed by atoms with E-state index in [1.807, 2.05) is 55.5 Å². The SMILES string of the molecule is Cc1cccc(OCCC(=O)Nc2cccc(CBr)c2)c1. The topological polar surface area (TPSA) is 38.3 Å². The van der Waals surface area contributed by atoms with Gasteiger partial charge in [0, 0.05) is 11.0 Å². The van der Waals surface area contributed by atoms with Crippen LogP contribution in [0.2, 0.25) is 0 Å². The van der Waals surface area contributed by atoms with Crippen LogP contribution < -0.4 is 10.1 Å². The Kier molecular flexibility index (Phi) is 5.81. The Balaban J connectivity index is 1.79. The molecule has 0 fully saturated rings. The first kappa shape index (κ1) is 15.6. The van der Waals surface area contributed by atoms with E-state index in [0.29, 0.717) is 13.0 Å². The summed E-state index contributed by atoms with van der Waals surface area (Å²) in [5, 5.41) is 3.65. The Morgan fingerprint density at radius 3 is 2.76 bits per heavy atom. The van der Waals surface area contributed by atoms with E-state index in [-0.39, 0.29) is 5.91 Å². The number of nitrogens with one attached hydrogen (secondary N) is 1. The summed E-state index contributed by atoms with van der Waals surface area (Å²) in [5.74, 6) is 0.749. The molecule has 0 aliphatic carbocycles. The minimum Gasteiger partial charge on any atom is -0.493 e. The van der Waals surface area contributed by atoms with Crippen LogP contribution >= 0.6 is 15.9 Å². The predicted molar refractivity (Wildman–Crippen MR) is 89.0 cm³/mol. The first-order valence-electron chi connectivity index (χ1n) is 6.81. The Hall–Kier alpha value is -1.81. The average molecular weight is 348 g/mol. The van der Waals surface area contributed by atoms with Gasteiger partial charge in [-0.15, -0.1) is 0 Å². The molecular weight excluding hydrogens is 330 g/mol. The molecule has 0 heterocycles. The smallest absolute Gasteiger partial charge is 0.227 e. The van der Waals surface area contributed by atoms with E-state index in [4.69, 9.17) is 4.74 Å². The second-order valence-electron chi connectivity index (χ2n) is 4.80. The summed E-state index contributed by atoms with van der Waals surface area (Å²) in [6.07, 6.45) is 0.326. The zero-order valence-corrected chi connectivity index (χ0v) is 13.5. The molecule has 0 atom stereocenters. The number of ether oxygens (including phenoxy) is 1. The van der Waals surface area contributed by atoms with E-state index in [2.05, 4.69) is 21.2 Å². The largest absolute Gasteiger partial charge is 0.493 e. The number of carbonyl (C=O) groups is 1. The summed E-state index contributed by atoms with van der Waals surface area (Å²) in [5.41, 5.74) is 3.08. The van der Waals surface area contributed by atoms with Crippen LogP contribution in [0.1, 0.15) is 17.5 Å². The molecule has 2 rings (SSSR count). The molecular formula is C17H18BrNO2. The summed E-state index contributed by atoms with van der Waals surface area (Å²) in [4.78, 5) is 11.9. The molecule has 0 saturated heterocycles. The molecule has 1 amide bonds. The highest BCUT2D eigenvalue weighted by atomic mass is 79.9. The standard InChI is InChI=1S/C17H18BrNO2/c1-13-4-2-7-16(10-13)21-9-8-17(20)19-15-6-3-5-14(11-15)12-18/h2-7,10-11H,8-9,12H2,1H3,(H,19,20). The van der Waals surface area contributed by atoms with E-state index in [1.165, 1.54) is 0 Å². The number of carbonyl (C=O) groups excluding carboxylic acids is 1. The summed E-state index contributed by atoms with van der Waals surface area (Å²) < 4.78 is 5.57. The molecule has 2 aromatic carbocycles. The van der Waals surface area contributed by atoms with Crippen molar-refractivity contribution in [2.24, 2.45) is 0 Å². The van der Waals surface area contributed by atoms with Crippen LogP contribution in [-0.4, -0.2) is 12.5 Å². The van der Waals surface area contributed by atoms with E-state index in [0.717, 1.165) is 27.9 Å². The van der Waals surface area contributed by atoms with Gasteiger partial charge in [-0.1, -0.05) is 40.2 Å². The lowest BCUT2D eigenvalue weighted by Crippen LogP contribution is -2.15. The lowest BCUT2D eigenvalue weighted by molar-refractivity contribution is -0.116. The average Bonchev–Trinajstić information content (AvgIpc) is 2.47. The molecule has 0 spiro atoms. The van der Waals surface area contributed by atoms with Crippen LogP contribution in [0.3, 0.4) is 0 Å². The molecule has 110 valence electrons. The van der Waals surface area contributed by atoms with Crippen molar-refractivity contribution < 1.29 is 9.53 Å². The monoisotopic (exact) mass is 347 g/mol. The van der Waals surface area contributed by atoms with Gasteiger partial charge in [0.1, 0.15) is 5.75 Å². The van der Waals surface area contributed by atoms with Gasteiger partial charge in [0.05, 0.1) is 13.0 Å². The molecule has 0 radical (unpaired) electrons. The lowest BCUT2D eigenvalue weighted by Gasteiger charge is -2.08. The van der Waals surface area contributed by atoms with Crippen LogP contribution in [0.25, 0.3) is 0 Å². The van der Waals surface area contributed by atoms with Crippen molar-refractivity contribution in [2.45, 2.75) is 18.7 Å². The fourth-order valence-electron chi connectivity index (χ4n) is 1.92. The van der Waals surface area contributed by atoms with E-state index < -0.39 is 0 Å². The third-order valence-electron chi connectivity index (χ3n) is 2.95. The zero-order valence-electron chi connectivity index (χ0n) is 11.9. The van der Waals surface area contributed by atoms with Crippen LogP contribution in [-0.2, 0) is 10.1 Å². The van der Waals surface area contributed by atoms with Crippen molar-refractivity contribution >= 4 is 27.5 Å². The van der Waals surface area contributed by atoms with Crippen molar-refractivity contribution in [1.82, 2.24) is 0 Å². The molecule has 0 aliphatic rings. The van der Waals surface area contributed by atoms with Crippen LogP contribution in [0.15, 0.2) is 48.5 Å². The third-order valence-corrected chi connectivity index (χ3v) is 3.60. The second kappa shape index (κ2) is 7.84. The normalized spacial score (nSPS) is 10.2. The molecule has 0 aromatic heterocycles. The van der Waals surface area contributed by atoms with Gasteiger partial charge in [-0.2, -0.15) is 0 Å². The molecule has 0 aliphatic heterocycles. The van der Waals surface area contributed by atoms with E-state index >= 15 is 0 Å². The highest BCUT2D eigenvalue weighted by Crippen LogP contribution is 2.14. The summed E-state index contributed by atoms with van der Waals surface area (Å²) in [6, 6.07) is 15.6. The maximum atomic E-state index is 11.9. The van der Waals surface area contributed by atoms with Crippen molar-refractivity contribution in [2.75, 3.05) is 11.9 Å². The van der Waals surface area contributed by atoms with Crippen LogP contribution in [0.5, 0.6) is 5.75 Å². The van der Waals surface area contributed by atoms with E-state index in [1.54, 1.807) is 0 Å². The minimum atomic E-state index is -0.0469. The Bertz CT molecular complexity index is 613. The van der Waals surface area contributed by atoms with Gasteiger partial charge < -0.3 is 10.1 Å². The zero-order chi connectivity index (χ0) is 15.1. The molecule has 21 heavy (non-hydrogen) atoms. The molecule has 0 unspecified atom stereocenters. The number of alkyl halides is 1. The number of hydrogen-bond acceptors (Lipinski definition) is 2. The number of benzene rings is 2. The summed E-state index contributed by atoms with van der Waals surface area (Å²) in [6.45, 7) is 2.38. The molecule has 0 saturated carbocycles. The third kappa shape index (κ3) is 5.23. The maximum Gasteiger partial charge on any atom is 0.227 e. The highest BCUT2D eigenvalue weighted by Gasteiger charge is 2.04. The number of hydrogen-bond donors (Lipinski definition) is 1. The van der Waals surface area contributed by atoms with Gasteiger partial charge in [0.25, 0.3) is 0 Å². The number of rotatable bonds is 6. The van der Waals surface area contributed by atoms with Crippen molar-refractivity contribution in [3.63, 3.8) is 0 Å². The van der Waals surface area contributed by atoms with Crippen LogP contribution in [0.4, 0.5) is 5.69 Å². The highest BCUT2D eigenvalue weighted by molar-refractivity contribution is 9.08. The molecule has 4 heteroatoms. The van der Waals surface area contributed by atoms with Crippen LogP contribution in [0, 0.1) is 6.92 Å². The van der Waals surface area contributed by atoms with Gasteiger partial charge in [0.15, 0.2) is 0 Å². The van der Waals surface area contributed by atoms with Gasteiger partial charge in [-0.25, -0.2) is 0 Å². The Morgan fingerprint density at radius 1 is 1.19 bits per heavy atom. The Labute approximate surface area is 133 Å². The first-order valence-corrected chi connectivity index (χ1v) is 7.94. The lowest BCUT2D eigenvalue weighted by atomic mass is 10.2. The van der Waals surface area contributed by atoms with Gasteiger partial charge in [-0.3, -0.25) is 4.79 Å². The predicted octanol–water partition coefficient (Wildman–Crippen LogP) is 4.30. The molecule has 2 aromatic rings. The van der Waals surface area contributed by atoms with E-state index in [9.17, 15) is 4.79 Å². The summed E-state index contributed by atoms with van der Waals surface area (Å²) in [7, 11) is 0. The fraction of sp³-hybridized carbons (Fsp3) is 0.235. The summed E-state index contributed by atoms with van der Waals surface area (Å²) >= 11 is 3.40. The van der Waals surface area contributed by atoms with Crippen molar-refractivity contribution in [3.05, 3.63) is 59.7 Å². The quantitative estimate of drug-likeness (QED) is 0.791. The molecule has 1 N–H and O–H groups in total. The second-order valence-corrected chi connectivity index (χ2v) is 5.36. The number of aryl methyl sites for hydroxylation is 1. The van der Waals surface area contributed by atoms with Gasteiger partial charge in [-0.05, 0) is 42.3 Å². The number of halogens is 1. The maximum absolute atomic E-state index is 11.9. The van der Waals surface area contributed by atoms with Crippen molar-refractivity contribution in [1.29, 1.82) is 0 Å². The minimum absolute atomic E-state index is 0.0469. The molecule has 3 nitrogen and oxygen atoms in total. The first-order chi connectivity index (χ1) is 10.2. The Morgan fingerprint density at radius 2 is 2.00 bits per heavy atom. The van der Waals surface area contributed by atoms with Gasteiger partial charge >= 0.3 is 0 Å². The van der Waals surface area contributed by atoms with Gasteiger partial charge in [0.2, 0.25) is 5.91 Å². The molecule has 0 bridgehead atoms.